The van der Waals surface area contributed by atoms with Crippen LogP contribution in [0.3, 0.4) is 0 Å². The van der Waals surface area contributed by atoms with E-state index in [9.17, 15) is 9.59 Å². The van der Waals surface area contributed by atoms with Crippen LogP contribution in [0.2, 0.25) is 18.1 Å². The number of hydrogen-bond acceptors (Lipinski definition) is 5. The molecule has 0 saturated heterocycles. The molecule has 1 aromatic rings. The number of hydrogen-bond donors (Lipinski definition) is 0. The van der Waals surface area contributed by atoms with Crippen molar-refractivity contribution >= 4 is 20.7 Å². The quantitative estimate of drug-likeness (QED) is 0.548. The molecule has 0 saturated carbocycles. The van der Waals surface area contributed by atoms with Gasteiger partial charge in [-0.2, -0.15) is 0 Å². The van der Waals surface area contributed by atoms with E-state index in [1.165, 1.54) is 0 Å². The molecule has 2 heterocycles. The number of carbonyl (C=O) groups is 2. The molecular weight excluding hydrogens is 360 g/mol. The number of carbonyl (C=O) groups excluding carboxylic acids is 2. The molecule has 150 valence electrons. The van der Waals surface area contributed by atoms with Gasteiger partial charge in [0, 0.05) is 11.8 Å². The first kappa shape index (κ1) is 21.6. The van der Waals surface area contributed by atoms with Crippen LogP contribution in [0.15, 0.2) is 12.3 Å². The molecular formula is C20H32N2O4Si. The number of aldehydes is 1. The van der Waals surface area contributed by atoms with Crippen LogP contribution in [0.25, 0.3) is 0 Å². The third-order valence-electron chi connectivity index (χ3n) is 5.23. The van der Waals surface area contributed by atoms with Gasteiger partial charge in [-0.05, 0) is 50.5 Å². The van der Waals surface area contributed by atoms with Crippen molar-refractivity contribution in [3.8, 4) is 0 Å². The van der Waals surface area contributed by atoms with Gasteiger partial charge in [0.15, 0.2) is 14.6 Å². The van der Waals surface area contributed by atoms with E-state index in [2.05, 4.69) is 38.8 Å². The van der Waals surface area contributed by atoms with Gasteiger partial charge in [0.1, 0.15) is 11.6 Å². The monoisotopic (exact) mass is 392 g/mol. The van der Waals surface area contributed by atoms with Crippen molar-refractivity contribution in [3.05, 3.63) is 29.1 Å². The molecule has 1 aliphatic rings. The summed E-state index contributed by atoms with van der Waals surface area (Å²) in [6.07, 6.45) is 1.92. The standard InChI is InChI=1S/C20H32N2O4Si/c1-19(2,3)26-18(24)22-11-15-9-14(12-23)10-21-17(15)16(22)13-25-27(7,8)20(4,5)6/h9-10,12,16H,11,13H2,1-8H3/t16-/m1/s1. The summed E-state index contributed by atoms with van der Waals surface area (Å²) in [4.78, 5) is 30.0. The number of ether oxygens (including phenoxy) is 1. The minimum Gasteiger partial charge on any atom is -0.444 e. The normalized spacial score (nSPS) is 17.6. The summed E-state index contributed by atoms with van der Waals surface area (Å²) in [5.74, 6) is 0. The number of fused-ring (bicyclic) bond motifs is 1. The summed E-state index contributed by atoms with van der Waals surface area (Å²) in [5.41, 5.74) is 1.57. The lowest BCUT2D eigenvalue weighted by Crippen LogP contribution is -2.44. The number of rotatable bonds is 4. The Morgan fingerprint density at radius 1 is 1.30 bits per heavy atom. The van der Waals surface area contributed by atoms with E-state index in [4.69, 9.17) is 9.16 Å². The summed E-state index contributed by atoms with van der Waals surface area (Å²) in [6, 6.07) is 1.48. The molecule has 2 rings (SSSR count). The second-order valence-corrected chi connectivity index (χ2v) is 14.4. The van der Waals surface area contributed by atoms with Crippen LogP contribution in [-0.2, 0) is 15.7 Å². The molecule has 0 aliphatic carbocycles. The van der Waals surface area contributed by atoms with Crippen LogP contribution in [0.5, 0.6) is 0 Å². The maximum Gasteiger partial charge on any atom is 0.411 e. The van der Waals surface area contributed by atoms with Crippen LogP contribution in [-0.4, -0.2) is 42.8 Å². The van der Waals surface area contributed by atoms with Crippen molar-refractivity contribution in [1.29, 1.82) is 0 Å². The Morgan fingerprint density at radius 2 is 1.93 bits per heavy atom. The van der Waals surface area contributed by atoms with Gasteiger partial charge in [-0.3, -0.25) is 14.7 Å². The van der Waals surface area contributed by atoms with Crippen LogP contribution >= 0.6 is 0 Å². The molecule has 1 aromatic heterocycles. The minimum absolute atomic E-state index is 0.0694. The highest BCUT2D eigenvalue weighted by Gasteiger charge is 2.42. The second-order valence-electron chi connectivity index (χ2n) is 9.63. The third kappa shape index (κ3) is 4.96. The van der Waals surface area contributed by atoms with Gasteiger partial charge >= 0.3 is 6.09 Å². The summed E-state index contributed by atoms with van der Waals surface area (Å²) < 4.78 is 12.0. The molecule has 1 amide bonds. The zero-order valence-electron chi connectivity index (χ0n) is 17.8. The summed E-state index contributed by atoms with van der Waals surface area (Å²) >= 11 is 0. The topological polar surface area (TPSA) is 68.7 Å². The number of nitrogens with zero attached hydrogens (tertiary/aromatic N) is 2. The maximum absolute atomic E-state index is 12.8. The van der Waals surface area contributed by atoms with E-state index in [0.29, 0.717) is 18.7 Å². The van der Waals surface area contributed by atoms with Crippen LogP contribution in [0.1, 0.15) is 69.2 Å². The lowest BCUT2D eigenvalue weighted by molar-refractivity contribution is 0.0114. The van der Waals surface area contributed by atoms with E-state index in [1.54, 1.807) is 17.2 Å². The Bertz CT molecular complexity index is 720. The van der Waals surface area contributed by atoms with E-state index in [-0.39, 0.29) is 11.1 Å². The lowest BCUT2D eigenvalue weighted by atomic mass is 10.1. The SMILES string of the molecule is CC(C)(C)OC(=O)N1Cc2cc(C=O)cnc2[C@H]1CO[Si](C)(C)C(C)(C)C. The molecule has 7 heteroatoms. The largest absolute Gasteiger partial charge is 0.444 e. The van der Waals surface area contributed by atoms with Gasteiger partial charge < -0.3 is 9.16 Å². The molecule has 0 bridgehead atoms. The van der Waals surface area contributed by atoms with Crippen LogP contribution < -0.4 is 0 Å². The zero-order valence-corrected chi connectivity index (χ0v) is 18.8. The van der Waals surface area contributed by atoms with Gasteiger partial charge in [0.2, 0.25) is 0 Å². The number of pyridine rings is 1. The Balaban J connectivity index is 2.30. The van der Waals surface area contributed by atoms with Gasteiger partial charge in [-0.15, -0.1) is 0 Å². The van der Waals surface area contributed by atoms with Crippen LogP contribution in [0, 0.1) is 0 Å². The fourth-order valence-corrected chi connectivity index (χ4v) is 3.66. The third-order valence-corrected chi connectivity index (χ3v) is 9.73. The first-order chi connectivity index (χ1) is 12.2. The average Bonchev–Trinajstić information content (AvgIpc) is 2.88. The molecule has 1 atom stereocenters. The first-order valence-electron chi connectivity index (χ1n) is 9.33. The Labute approximate surface area is 163 Å². The van der Waals surface area contributed by atoms with Crippen LogP contribution in [0.4, 0.5) is 4.79 Å². The highest BCUT2D eigenvalue weighted by Crippen LogP contribution is 2.39. The summed E-state index contributed by atoms with van der Waals surface area (Å²) in [5, 5.41) is 0.0694. The molecule has 0 unspecified atom stereocenters. The Morgan fingerprint density at radius 3 is 2.44 bits per heavy atom. The van der Waals surface area contributed by atoms with Crippen molar-refractivity contribution in [2.45, 2.75) is 77.9 Å². The average molecular weight is 393 g/mol. The van der Waals surface area contributed by atoms with E-state index < -0.39 is 20.0 Å². The summed E-state index contributed by atoms with van der Waals surface area (Å²) in [6.45, 7) is 17.2. The maximum atomic E-state index is 12.8. The van der Waals surface area contributed by atoms with Crippen molar-refractivity contribution in [3.63, 3.8) is 0 Å². The molecule has 0 radical (unpaired) electrons. The molecule has 6 nitrogen and oxygen atoms in total. The molecule has 0 aromatic carbocycles. The zero-order chi connectivity index (χ0) is 20.6. The van der Waals surface area contributed by atoms with Gasteiger partial charge in [0.25, 0.3) is 0 Å². The lowest BCUT2D eigenvalue weighted by Gasteiger charge is -2.38. The van der Waals surface area contributed by atoms with Gasteiger partial charge in [0.05, 0.1) is 18.8 Å². The smallest absolute Gasteiger partial charge is 0.411 e. The minimum atomic E-state index is -1.99. The van der Waals surface area contributed by atoms with Crippen molar-refractivity contribution < 1.29 is 18.8 Å². The molecule has 27 heavy (non-hydrogen) atoms. The Kier molecular flexibility index (Phi) is 5.87. The summed E-state index contributed by atoms with van der Waals surface area (Å²) in [7, 11) is -1.99. The van der Waals surface area contributed by atoms with Gasteiger partial charge in [-0.1, -0.05) is 20.8 Å². The predicted octanol–water partition coefficient (Wildman–Crippen LogP) is 4.71. The fourth-order valence-electron chi connectivity index (χ4n) is 2.66. The van der Waals surface area contributed by atoms with E-state index in [1.807, 2.05) is 20.8 Å². The molecule has 0 fully saturated rings. The molecule has 0 spiro atoms. The molecule has 1 aliphatic heterocycles. The first-order valence-corrected chi connectivity index (χ1v) is 12.2. The van der Waals surface area contributed by atoms with Gasteiger partial charge in [-0.25, -0.2) is 4.79 Å². The predicted molar refractivity (Wildman–Crippen MR) is 107 cm³/mol. The fraction of sp³-hybridized carbons (Fsp3) is 0.650. The highest BCUT2D eigenvalue weighted by atomic mass is 28.4. The second kappa shape index (κ2) is 7.35. The van der Waals surface area contributed by atoms with E-state index in [0.717, 1.165) is 17.5 Å². The van der Waals surface area contributed by atoms with Crippen molar-refractivity contribution in [2.24, 2.45) is 0 Å². The molecule has 0 N–H and O–H groups in total. The number of aromatic nitrogens is 1. The number of amides is 1. The Hall–Kier alpha value is -1.73. The van der Waals surface area contributed by atoms with E-state index >= 15 is 0 Å². The van der Waals surface area contributed by atoms with Crippen molar-refractivity contribution in [2.75, 3.05) is 6.61 Å². The highest BCUT2D eigenvalue weighted by molar-refractivity contribution is 6.74. The van der Waals surface area contributed by atoms with Crippen molar-refractivity contribution in [1.82, 2.24) is 9.88 Å².